The standard InChI is InChI=1S/C12H23NO2/c1-3-4-9-12(15)13(2)10-7-5-6-8-11(10)14/h10-11,14H,3-9H2,1-2H3. The zero-order chi connectivity index (χ0) is 11.3. The molecular formula is C12H23NO2. The fraction of sp³-hybridized carbons (Fsp3) is 0.917. The zero-order valence-electron chi connectivity index (χ0n) is 9.91. The van der Waals surface area contributed by atoms with E-state index in [1.54, 1.807) is 4.90 Å². The van der Waals surface area contributed by atoms with E-state index in [-0.39, 0.29) is 18.1 Å². The van der Waals surface area contributed by atoms with E-state index in [0.717, 1.165) is 38.5 Å². The first-order valence-corrected chi connectivity index (χ1v) is 6.10. The first-order chi connectivity index (χ1) is 7.16. The predicted molar refractivity (Wildman–Crippen MR) is 60.6 cm³/mol. The number of amides is 1. The second-order valence-electron chi connectivity index (χ2n) is 4.53. The number of hydrogen-bond acceptors (Lipinski definition) is 2. The monoisotopic (exact) mass is 213 g/mol. The third-order valence-corrected chi connectivity index (χ3v) is 3.33. The van der Waals surface area contributed by atoms with E-state index < -0.39 is 0 Å². The van der Waals surface area contributed by atoms with Crippen LogP contribution in [-0.4, -0.2) is 35.1 Å². The Kier molecular flexibility index (Phi) is 5.09. The van der Waals surface area contributed by atoms with Crippen LogP contribution in [0, 0.1) is 0 Å². The number of unbranched alkanes of at least 4 members (excludes halogenated alkanes) is 1. The molecule has 1 aliphatic carbocycles. The summed E-state index contributed by atoms with van der Waals surface area (Å²) >= 11 is 0. The number of carbonyl (C=O) groups is 1. The van der Waals surface area contributed by atoms with Gasteiger partial charge in [-0.3, -0.25) is 4.79 Å². The number of likely N-dealkylation sites (N-methyl/N-ethyl adjacent to an activating group) is 1. The molecule has 2 unspecified atom stereocenters. The van der Waals surface area contributed by atoms with Crippen molar-refractivity contribution >= 4 is 5.91 Å². The lowest BCUT2D eigenvalue weighted by Gasteiger charge is -2.35. The summed E-state index contributed by atoms with van der Waals surface area (Å²) in [7, 11) is 1.83. The summed E-state index contributed by atoms with van der Waals surface area (Å²) in [4.78, 5) is 13.5. The highest BCUT2D eigenvalue weighted by atomic mass is 16.3. The molecule has 0 saturated heterocycles. The lowest BCUT2D eigenvalue weighted by Crippen LogP contribution is -2.46. The molecule has 2 atom stereocenters. The van der Waals surface area contributed by atoms with Crippen LogP contribution in [0.3, 0.4) is 0 Å². The van der Waals surface area contributed by atoms with Gasteiger partial charge in [-0.15, -0.1) is 0 Å². The fourth-order valence-corrected chi connectivity index (χ4v) is 2.23. The number of carbonyl (C=O) groups excluding carboxylic acids is 1. The van der Waals surface area contributed by atoms with Crippen LogP contribution < -0.4 is 0 Å². The molecule has 1 saturated carbocycles. The van der Waals surface area contributed by atoms with Crippen molar-refractivity contribution in [3.05, 3.63) is 0 Å². The smallest absolute Gasteiger partial charge is 0.222 e. The molecule has 1 rings (SSSR count). The summed E-state index contributed by atoms with van der Waals surface area (Å²) in [5.41, 5.74) is 0. The van der Waals surface area contributed by atoms with Crippen molar-refractivity contribution in [2.75, 3.05) is 7.05 Å². The molecule has 1 fully saturated rings. The molecule has 3 nitrogen and oxygen atoms in total. The van der Waals surface area contributed by atoms with E-state index in [2.05, 4.69) is 6.92 Å². The Morgan fingerprint density at radius 1 is 1.40 bits per heavy atom. The second-order valence-corrected chi connectivity index (χ2v) is 4.53. The lowest BCUT2D eigenvalue weighted by atomic mass is 9.91. The maximum Gasteiger partial charge on any atom is 0.222 e. The molecule has 1 aliphatic rings. The molecule has 0 aromatic heterocycles. The minimum atomic E-state index is -0.311. The summed E-state index contributed by atoms with van der Waals surface area (Å²) in [6.07, 6.45) is 6.33. The molecular weight excluding hydrogens is 190 g/mol. The highest BCUT2D eigenvalue weighted by molar-refractivity contribution is 5.76. The van der Waals surface area contributed by atoms with Crippen LogP contribution in [0.5, 0.6) is 0 Å². The maximum atomic E-state index is 11.8. The fourth-order valence-electron chi connectivity index (χ4n) is 2.23. The molecule has 0 aromatic carbocycles. The van der Waals surface area contributed by atoms with Gasteiger partial charge >= 0.3 is 0 Å². The summed E-state index contributed by atoms with van der Waals surface area (Å²) in [6.45, 7) is 2.09. The minimum Gasteiger partial charge on any atom is -0.391 e. The van der Waals surface area contributed by atoms with Gasteiger partial charge < -0.3 is 10.0 Å². The van der Waals surface area contributed by atoms with Crippen LogP contribution in [0.4, 0.5) is 0 Å². The third kappa shape index (κ3) is 3.49. The normalized spacial score (nSPS) is 26.3. The molecule has 1 N–H and O–H groups in total. The average molecular weight is 213 g/mol. The van der Waals surface area contributed by atoms with Gasteiger partial charge in [0, 0.05) is 13.5 Å². The Hall–Kier alpha value is -0.570. The van der Waals surface area contributed by atoms with Gasteiger partial charge in [0.05, 0.1) is 12.1 Å². The van der Waals surface area contributed by atoms with Crippen molar-refractivity contribution in [2.24, 2.45) is 0 Å². The number of aliphatic hydroxyl groups excluding tert-OH is 1. The van der Waals surface area contributed by atoms with Crippen LogP contribution >= 0.6 is 0 Å². The molecule has 0 heterocycles. The van der Waals surface area contributed by atoms with E-state index in [0.29, 0.717) is 6.42 Å². The van der Waals surface area contributed by atoms with Crippen molar-refractivity contribution in [1.82, 2.24) is 4.90 Å². The van der Waals surface area contributed by atoms with Crippen LogP contribution in [0.2, 0.25) is 0 Å². The molecule has 0 radical (unpaired) electrons. The summed E-state index contributed by atoms with van der Waals surface area (Å²) < 4.78 is 0. The van der Waals surface area contributed by atoms with Crippen LogP contribution in [-0.2, 0) is 4.79 Å². The Labute approximate surface area is 92.5 Å². The molecule has 0 aromatic rings. The minimum absolute atomic E-state index is 0.0584. The van der Waals surface area contributed by atoms with Gasteiger partial charge in [-0.1, -0.05) is 26.2 Å². The Balaban J connectivity index is 2.42. The van der Waals surface area contributed by atoms with Crippen LogP contribution in [0.15, 0.2) is 0 Å². The maximum absolute atomic E-state index is 11.8. The van der Waals surface area contributed by atoms with Gasteiger partial charge in [0.2, 0.25) is 5.91 Å². The van der Waals surface area contributed by atoms with Gasteiger partial charge in [0.25, 0.3) is 0 Å². The van der Waals surface area contributed by atoms with Gasteiger partial charge in [-0.25, -0.2) is 0 Å². The third-order valence-electron chi connectivity index (χ3n) is 3.33. The number of rotatable bonds is 4. The largest absolute Gasteiger partial charge is 0.391 e. The lowest BCUT2D eigenvalue weighted by molar-refractivity contribution is -0.135. The van der Waals surface area contributed by atoms with E-state index in [4.69, 9.17) is 0 Å². The van der Waals surface area contributed by atoms with E-state index in [1.165, 1.54) is 0 Å². The van der Waals surface area contributed by atoms with Gasteiger partial charge in [-0.05, 0) is 19.3 Å². The van der Waals surface area contributed by atoms with Crippen molar-refractivity contribution in [1.29, 1.82) is 0 Å². The van der Waals surface area contributed by atoms with Crippen molar-refractivity contribution in [3.8, 4) is 0 Å². The number of hydrogen-bond donors (Lipinski definition) is 1. The Bertz CT molecular complexity index is 206. The highest BCUT2D eigenvalue weighted by Crippen LogP contribution is 2.22. The Morgan fingerprint density at radius 2 is 2.07 bits per heavy atom. The van der Waals surface area contributed by atoms with E-state index >= 15 is 0 Å². The van der Waals surface area contributed by atoms with Gasteiger partial charge in [-0.2, -0.15) is 0 Å². The summed E-state index contributed by atoms with van der Waals surface area (Å²) in [6, 6.07) is 0.0584. The quantitative estimate of drug-likeness (QED) is 0.775. The first-order valence-electron chi connectivity index (χ1n) is 6.10. The van der Waals surface area contributed by atoms with Crippen molar-refractivity contribution in [2.45, 2.75) is 64.0 Å². The molecule has 0 spiro atoms. The summed E-state index contributed by atoms with van der Waals surface area (Å²) in [5.74, 6) is 0.183. The molecule has 3 heteroatoms. The average Bonchev–Trinajstić information content (AvgIpc) is 2.25. The first kappa shape index (κ1) is 12.5. The van der Waals surface area contributed by atoms with Crippen LogP contribution in [0.25, 0.3) is 0 Å². The van der Waals surface area contributed by atoms with Gasteiger partial charge in [0.1, 0.15) is 0 Å². The summed E-state index contributed by atoms with van der Waals surface area (Å²) in [5, 5.41) is 9.82. The highest BCUT2D eigenvalue weighted by Gasteiger charge is 2.28. The van der Waals surface area contributed by atoms with E-state index in [9.17, 15) is 9.90 Å². The zero-order valence-corrected chi connectivity index (χ0v) is 9.91. The van der Waals surface area contributed by atoms with Crippen molar-refractivity contribution < 1.29 is 9.90 Å². The number of nitrogens with zero attached hydrogens (tertiary/aromatic N) is 1. The molecule has 0 bridgehead atoms. The molecule has 88 valence electrons. The van der Waals surface area contributed by atoms with E-state index in [1.807, 2.05) is 7.05 Å². The van der Waals surface area contributed by atoms with Crippen LogP contribution in [0.1, 0.15) is 51.9 Å². The predicted octanol–water partition coefficient (Wildman–Crippen LogP) is 1.94. The topological polar surface area (TPSA) is 40.5 Å². The molecule has 15 heavy (non-hydrogen) atoms. The van der Waals surface area contributed by atoms with Gasteiger partial charge in [0.15, 0.2) is 0 Å². The molecule has 1 amide bonds. The number of aliphatic hydroxyl groups is 1. The SMILES string of the molecule is CCCCC(=O)N(C)C1CCCCC1O. The molecule has 0 aliphatic heterocycles. The van der Waals surface area contributed by atoms with Crippen molar-refractivity contribution in [3.63, 3.8) is 0 Å². The Morgan fingerprint density at radius 3 is 2.67 bits per heavy atom. The second kappa shape index (κ2) is 6.11.